The number of thioether (sulfide) groups is 1. The summed E-state index contributed by atoms with van der Waals surface area (Å²) in [4.78, 5) is 6.76. The van der Waals surface area contributed by atoms with Crippen LogP contribution in [0.5, 0.6) is 0 Å². The standard InChI is InChI=1S/C16H27N3O2S/c1-13(2)5-7-16(12-20)6-4-8-19(11-16)9-15-17-14(10-22-3)18-21-15/h5,20H,4,6-12H2,1-3H3. The number of nitrogens with zero attached hydrogens (tertiary/aromatic N) is 3. The molecule has 0 saturated carbocycles. The second kappa shape index (κ2) is 8.13. The van der Waals surface area contributed by atoms with Crippen molar-refractivity contribution in [1.29, 1.82) is 0 Å². The lowest BCUT2D eigenvalue weighted by Gasteiger charge is -2.41. The summed E-state index contributed by atoms with van der Waals surface area (Å²) in [5.74, 6) is 2.22. The third-order valence-electron chi connectivity index (χ3n) is 4.16. The molecule has 1 saturated heterocycles. The van der Waals surface area contributed by atoms with Gasteiger partial charge in [0, 0.05) is 12.0 Å². The lowest BCUT2D eigenvalue weighted by Crippen LogP contribution is -2.44. The predicted octanol–water partition coefficient (Wildman–Crippen LogP) is 2.86. The quantitative estimate of drug-likeness (QED) is 0.778. The van der Waals surface area contributed by atoms with E-state index in [1.807, 2.05) is 6.26 Å². The molecule has 2 heterocycles. The highest BCUT2D eigenvalue weighted by molar-refractivity contribution is 7.97. The van der Waals surface area contributed by atoms with Crippen molar-refractivity contribution in [3.05, 3.63) is 23.4 Å². The molecule has 0 spiro atoms. The Labute approximate surface area is 137 Å². The number of allylic oxidation sites excluding steroid dienone is 2. The molecule has 124 valence electrons. The van der Waals surface area contributed by atoms with Crippen molar-refractivity contribution in [3.8, 4) is 0 Å². The average molecular weight is 325 g/mol. The van der Waals surface area contributed by atoms with Crippen LogP contribution < -0.4 is 0 Å². The lowest BCUT2D eigenvalue weighted by atomic mass is 9.77. The Morgan fingerprint density at radius 3 is 3.00 bits per heavy atom. The first-order valence-electron chi connectivity index (χ1n) is 7.84. The van der Waals surface area contributed by atoms with E-state index in [-0.39, 0.29) is 12.0 Å². The molecule has 0 bridgehead atoms. The Balaban J connectivity index is 1.97. The lowest BCUT2D eigenvalue weighted by molar-refractivity contribution is 0.0265. The van der Waals surface area contributed by atoms with Crippen LogP contribution in [0.15, 0.2) is 16.2 Å². The van der Waals surface area contributed by atoms with Crippen molar-refractivity contribution in [1.82, 2.24) is 15.0 Å². The molecule has 0 aromatic carbocycles. The first-order valence-corrected chi connectivity index (χ1v) is 9.23. The number of aliphatic hydroxyl groups excluding tert-OH is 1. The molecular formula is C16H27N3O2S. The van der Waals surface area contributed by atoms with Crippen LogP contribution in [0, 0.1) is 5.41 Å². The molecule has 1 N–H and O–H groups in total. The summed E-state index contributed by atoms with van der Waals surface area (Å²) >= 11 is 1.69. The van der Waals surface area contributed by atoms with Crippen LogP contribution >= 0.6 is 11.8 Å². The molecule has 6 heteroatoms. The van der Waals surface area contributed by atoms with Gasteiger partial charge in [-0.05, 0) is 45.9 Å². The van der Waals surface area contributed by atoms with Crippen LogP contribution in [0.3, 0.4) is 0 Å². The molecule has 1 atom stereocenters. The molecule has 5 nitrogen and oxygen atoms in total. The molecule has 0 aliphatic carbocycles. The van der Waals surface area contributed by atoms with Crippen LogP contribution in [0.25, 0.3) is 0 Å². The van der Waals surface area contributed by atoms with Crippen LogP contribution in [-0.2, 0) is 12.3 Å². The molecular weight excluding hydrogens is 298 g/mol. The number of aliphatic hydroxyl groups is 1. The third-order valence-corrected chi connectivity index (χ3v) is 4.71. The smallest absolute Gasteiger partial charge is 0.240 e. The molecule has 1 aliphatic rings. The van der Waals surface area contributed by atoms with Crippen LogP contribution in [-0.4, -0.2) is 46.1 Å². The zero-order valence-corrected chi connectivity index (χ0v) is 14.7. The van der Waals surface area contributed by atoms with Gasteiger partial charge in [-0.2, -0.15) is 16.7 Å². The average Bonchev–Trinajstić information content (AvgIpc) is 2.93. The summed E-state index contributed by atoms with van der Waals surface area (Å²) < 4.78 is 5.33. The highest BCUT2D eigenvalue weighted by Gasteiger charge is 2.34. The fourth-order valence-corrected chi connectivity index (χ4v) is 3.33. The van der Waals surface area contributed by atoms with E-state index in [1.165, 1.54) is 5.57 Å². The number of rotatable bonds is 7. The van der Waals surface area contributed by atoms with Gasteiger partial charge in [0.2, 0.25) is 5.89 Å². The molecule has 1 aromatic rings. The van der Waals surface area contributed by atoms with Gasteiger partial charge in [0.15, 0.2) is 5.82 Å². The molecule has 2 rings (SSSR count). The van der Waals surface area contributed by atoms with E-state index in [0.29, 0.717) is 12.4 Å². The summed E-state index contributed by atoms with van der Waals surface area (Å²) in [6.07, 6.45) is 7.38. The molecule has 22 heavy (non-hydrogen) atoms. The highest BCUT2D eigenvalue weighted by Crippen LogP contribution is 2.34. The first kappa shape index (κ1) is 17.5. The van der Waals surface area contributed by atoms with Gasteiger partial charge in [-0.3, -0.25) is 4.90 Å². The zero-order valence-electron chi connectivity index (χ0n) is 13.8. The number of likely N-dealkylation sites (tertiary alicyclic amines) is 1. The fourth-order valence-electron chi connectivity index (χ4n) is 2.96. The van der Waals surface area contributed by atoms with E-state index in [9.17, 15) is 5.11 Å². The van der Waals surface area contributed by atoms with E-state index >= 15 is 0 Å². The molecule has 1 unspecified atom stereocenters. The summed E-state index contributed by atoms with van der Waals surface area (Å²) in [6, 6.07) is 0. The molecule has 1 aliphatic heterocycles. The van der Waals surface area contributed by atoms with Gasteiger partial charge >= 0.3 is 0 Å². The molecule has 1 aromatic heterocycles. The summed E-state index contributed by atoms with van der Waals surface area (Å²) in [7, 11) is 0. The van der Waals surface area contributed by atoms with Crippen LogP contribution in [0.1, 0.15) is 44.8 Å². The fraction of sp³-hybridized carbons (Fsp3) is 0.750. The summed E-state index contributed by atoms with van der Waals surface area (Å²) in [6.45, 7) is 7.03. The van der Waals surface area contributed by atoms with Crippen molar-refractivity contribution in [2.45, 2.75) is 45.4 Å². The largest absolute Gasteiger partial charge is 0.396 e. The topological polar surface area (TPSA) is 62.4 Å². The molecule has 0 amide bonds. The predicted molar refractivity (Wildman–Crippen MR) is 89.6 cm³/mol. The van der Waals surface area contributed by atoms with Crippen LogP contribution in [0.2, 0.25) is 0 Å². The van der Waals surface area contributed by atoms with Gasteiger partial charge in [0.25, 0.3) is 0 Å². The van der Waals surface area contributed by atoms with Gasteiger partial charge < -0.3 is 9.63 Å². The van der Waals surface area contributed by atoms with Crippen molar-refractivity contribution in [2.24, 2.45) is 5.41 Å². The molecule has 0 radical (unpaired) electrons. The first-order chi connectivity index (χ1) is 10.6. The maximum Gasteiger partial charge on any atom is 0.240 e. The second-order valence-corrected chi connectivity index (χ2v) is 7.36. The van der Waals surface area contributed by atoms with Gasteiger partial charge in [-0.25, -0.2) is 0 Å². The highest BCUT2D eigenvalue weighted by atomic mass is 32.2. The normalized spacial score (nSPS) is 22.7. The van der Waals surface area contributed by atoms with E-state index in [2.05, 4.69) is 35.0 Å². The minimum absolute atomic E-state index is 0.0301. The molecule has 1 fully saturated rings. The van der Waals surface area contributed by atoms with E-state index in [4.69, 9.17) is 4.52 Å². The van der Waals surface area contributed by atoms with Crippen molar-refractivity contribution in [3.63, 3.8) is 0 Å². The van der Waals surface area contributed by atoms with Crippen molar-refractivity contribution < 1.29 is 9.63 Å². The number of piperidine rings is 1. The van der Waals surface area contributed by atoms with Gasteiger partial charge in [0.05, 0.1) is 18.9 Å². The van der Waals surface area contributed by atoms with Crippen molar-refractivity contribution in [2.75, 3.05) is 26.0 Å². The van der Waals surface area contributed by atoms with Gasteiger partial charge in [0.1, 0.15) is 0 Å². The van der Waals surface area contributed by atoms with Crippen LogP contribution in [0.4, 0.5) is 0 Å². The number of hydrogen-bond acceptors (Lipinski definition) is 6. The van der Waals surface area contributed by atoms with E-state index in [1.54, 1.807) is 11.8 Å². The Bertz CT molecular complexity index is 499. The van der Waals surface area contributed by atoms with E-state index < -0.39 is 0 Å². The number of aromatic nitrogens is 2. The SMILES string of the molecule is CSCc1noc(CN2CCCC(CO)(CC=C(C)C)C2)n1. The van der Waals surface area contributed by atoms with E-state index in [0.717, 1.165) is 43.9 Å². The monoisotopic (exact) mass is 325 g/mol. The van der Waals surface area contributed by atoms with Crippen molar-refractivity contribution >= 4 is 11.8 Å². The van der Waals surface area contributed by atoms with Gasteiger partial charge in [-0.1, -0.05) is 16.8 Å². The Hall–Kier alpha value is -0.850. The zero-order chi connectivity index (χ0) is 16.0. The number of hydrogen-bond donors (Lipinski definition) is 1. The Kier molecular flexibility index (Phi) is 6.47. The van der Waals surface area contributed by atoms with Gasteiger partial charge in [-0.15, -0.1) is 0 Å². The third kappa shape index (κ3) is 4.83. The minimum Gasteiger partial charge on any atom is -0.396 e. The second-order valence-electron chi connectivity index (χ2n) is 6.50. The minimum atomic E-state index is -0.0301. The maximum absolute atomic E-state index is 9.90. The summed E-state index contributed by atoms with van der Waals surface area (Å²) in [5.41, 5.74) is 1.28. The Morgan fingerprint density at radius 2 is 2.32 bits per heavy atom. The Morgan fingerprint density at radius 1 is 1.50 bits per heavy atom. The maximum atomic E-state index is 9.90. The summed E-state index contributed by atoms with van der Waals surface area (Å²) in [5, 5.41) is 13.9.